The average Bonchev–Trinajstić information content (AvgIpc) is 2.80. The minimum atomic E-state index is -0.295. The van der Waals surface area contributed by atoms with Crippen LogP contribution in [-0.2, 0) is 4.74 Å². The van der Waals surface area contributed by atoms with Crippen molar-refractivity contribution < 1.29 is 9.53 Å². The van der Waals surface area contributed by atoms with Crippen LogP contribution in [-0.4, -0.2) is 19.4 Å². The number of ether oxygens (including phenoxy) is 1. The highest BCUT2D eigenvalue weighted by molar-refractivity contribution is 6.83. The number of carbonyl (C=O) groups excluding carboxylic acids is 1. The summed E-state index contributed by atoms with van der Waals surface area (Å²) >= 11 is 0. The highest BCUT2D eigenvalue weighted by Crippen LogP contribution is 2.31. The Morgan fingerprint density at radius 2 is 1.63 bits per heavy atom. The van der Waals surface area contributed by atoms with E-state index in [1.807, 2.05) is 37.3 Å². The quantitative estimate of drug-likeness (QED) is 0.450. The number of rotatable bonds is 5. The zero-order valence-corrected chi connectivity index (χ0v) is 17.3. The molecule has 1 aliphatic heterocycles. The Morgan fingerprint density at radius 3 is 2.33 bits per heavy atom. The van der Waals surface area contributed by atoms with Crippen LogP contribution < -0.4 is 10.3 Å². The predicted octanol–water partition coefficient (Wildman–Crippen LogP) is 5.03. The van der Waals surface area contributed by atoms with Gasteiger partial charge in [0.2, 0.25) is 0 Å². The number of nitrogens with zero attached hydrogens (tertiary/aromatic N) is 1. The minimum Gasteiger partial charge on any atom is -0.462 e. The summed E-state index contributed by atoms with van der Waals surface area (Å²) in [5.41, 5.74) is 6.35. The van der Waals surface area contributed by atoms with E-state index in [1.165, 1.54) is 11.0 Å². The number of hydrogen-bond donors (Lipinski definition) is 0. The maximum Gasteiger partial charge on any atom is 0.338 e. The molecular formula is C26H24BNO2. The van der Waals surface area contributed by atoms with Gasteiger partial charge in [0.1, 0.15) is 0 Å². The second kappa shape index (κ2) is 8.87. The summed E-state index contributed by atoms with van der Waals surface area (Å²) in [4.78, 5) is 14.4. The van der Waals surface area contributed by atoms with Crippen molar-refractivity contribution >= 4 is 29.7 Å². The van der Waals surface area contributed by atoms with E-state index >= 15 is 0 Å². The minimum absolute atomic E-state index is 0.0554. The lowest BCUT2D eigenvalue weighted by molar-refractivity contribution is 0.0526. The molecule has 4 rings (SSSR count). The van der Waals surface area contributed by atoms with Crippen LogP contribution in [0, 0.1) is 6.92 Å². The van der Waals surface area contributed by atoms with Gasteiger partial charge in [-0.1, -0.05) is 72.2 Å². The average molecular weight is 393 g/mol. The second-order valence-electron chi connectivity index (χ2n) is 7.24. The van der Waals surface area contributed by atoms with Crippen molar-refractivity contribution in [3.05, 3.63) is 114 Å². The number of aryl methyl sites for hydroxylation is 1. The summed E-state index contributed by atoms with van der Waals surface area (Å²) in [6, 6.07) is 26.5. The van der Waals surface area contributed by atoms with Gasteiger partial charge >= 0.3 is 12.8 Å². The number of benzene rings is 3. The fourth-order valence-electron chi connectivity index (χ4n) is 3.85. The van der Waals surface area contributed by atoms with Gasteiger partial charge in [-0.15, -0.1) is 0 Å². The van der Waals surface area contributed by atoms with Crippen molar-refractivity contribution in [2.24, 2.45) is 0 Å². The van der Waals surface area contributed by atoms with E-state index < -0.39 is 0 Å². The van der Waals surface area contributed by atoms with Gasteiger partial charge in [-0.25, -0.2) is 4.79 Å². The summed E-state index contributed by atoms with van der Waals surface area (Å²) in [6.07, 6.45) is 4.27. The van der Waals surface area contributed by atoms with Crippen molar-refractivity contribution in [1.82, 2.24) is 0 Å². The van der Waals surface area contributed by atoms with E-state index in [0.29, 0.717) is 12.2 Å². The normalized spacial score (nSPS) is 13.2. The molecule has 0 radical (unpaired) electrons. The van der Waals surface area contributed by atoms with Gasteiger partial charge in [0.25, 0.3) is 0 Å². The molecular weight excluding hydrogens is 369 g/mol. The summed E-state index contributed by atoms with van der Waals surface area (Å²) in [7, 11) is 0. The second-order valence-corrected chi connectivity index (χ2v) is 7.24. The molecule has 3 aromatic carbocycles. The summed E-state index contributed by atoms with van der Waals surface area (Å²) in [5.74, 6) is 1.92. The molecule has 148 valence electrons. The van der Waals surface area contributed by atoms with Crippen LogP contribution in [0.3, 0.4) is 0 Å². The van der Waals surface area contributed by atoms with Gasteiger partial charge in [-0.05, 0) is 55.2 Å². The lowest BCUT2D eigenvalue weighted by Gasteiger charge is -2.35. The first-order chi connectivity index (χ1) is 14.7. The molecule has 0 fully saturated rings. The molecule has 3 aromatic rings. The summed E-state index contributed by atoms with van der Waals surface area (Å²) < 4.78 is 5.13. The first kappa shape index (κ1) is 19.8. The Morgan fingerprint density at radius 1 is 0.933 bits per heavy atom. The highest BCUT2D eigenvalue weighted by Gasteiger charge is 2.30. The molecule has 3 nitrogen and oxygen atoms in total. The van der Waals surface area contributed by atoms with Crippen molar-refractivity contribution in [3.8, 4) is 0 Å². The van der Waals surface area contributed by atoms with Crippen molar-refractivity contribution in [3.63, 3.8) is 0 Å². The van der Waals surface area contributed by atoms with Crippen LogP contribution in [0.25, 0.3) is 5.70 Å². The SMILES string of the molecule is CCOC(=O)c1ccc(N2B(c3ccccc3C)C=CC=C2c2ccccc2)cc1. The van der Waals surface area contributed by atoms with Crippen LogP contribution in [0.5, 0.6) is 0 Å². The van der Waals surface area contributed by atoms with E-state index in [0.717, 1.165) is 16.9 Å². The molecule has 0 unspecified atom stereocenters. The fraction of sp³-hybridized carbons (Fsp3) is 0.115. The molecule has 0 saturated carbocycles. The Kier molecular flexibility index (Phi) is 5.85. The molecule has 0 N–H and O–H groups in total. The van der Waals surface area contributed by atoms with Crippen molar-refractivity contribution in [2.75, 3.05) is 11.4 Å². The molecule has 30 heavy (non-hydrogen) atoms. The molecule has 0 saturated heterocycles. The fourth-order valence-corrected chi connectivity index (χ4v) is 3.85. The summed E-state index contributed by atoms with van der Waals surface area (Å²) in [5, 5.41) is 0. The number of esters is 1. The Bertz CT molecular complexity index is 1090. The molecule has 0 aliphatic carbocycles. The zero-order valence-electron chi connectivity index (χ0n) is 17.3. The van der Waals surface area contributed by atoms with Gasteiger partial charge in [0, 0.05) is 11.4 Å². The molecule has 0 aromatic heterocycles. The Balaban J connectivity index is 1.79. The van der Waals surface area contributed by atoms with Crippen LogP contribution in [0.2, 0.25) is 0 Å². The van der Waals surface area contributed by atoms with Gasteiger partial charge < -0.3 is 9.55 Å². The maximum atomic E-state index is 12.1. The molecule has 1 aliphatic rings. The largest absolute Gasteiger partial charge is 0.462 e. The molecule has 4 heteroatoms. The van der Waals surface area contributed by atoms with Crippen LogP contribution in [0.15, 0.2) is 97.0 Å². The van der Waals surface area contributed by atoms with E-state index in [1.54, 1.807) is 0 Å². The standard InChI is InChI=1S/C26H24BNO2/c1-3-30-26(29)22-15-17-23(18-16-22)28-25(21-11-5-4-6-12-21)14-9-19-27(28)24-13-8-7-10-20(24)2/h4-19H,3H2,1-2H3. The molecule has 0 bridgehead atoms. The molecule has 1 heterocycles. The topological polar surface area (TPSA) is 29.5 Å². The first-order valence-electron chi connectivity index (χ1n) is 10.2. The van der Waals surface area contributed by atoms with Crippen LogP contribution in [0.1, 0.15) is 28.4 Å². The number of allylic oxidation sites excluding steroid dienone is 2. The highest BCUT2D eigenvalue weighted by atomic mass is 16.5. The maximum absolute atomic E-state index is 12.1. The number of carbonyl (C=O) groups is 1. The zero-order chi connectivity index (χ0) is 20.9. The van der Waals surface area contributed by atoms with E-state index in [4.69, 9.17) is 4.74 Å². The van der Waals surface area contributed by atoms with Crippen LogP contribution >= 0.6 is 0 Å². The molecule has 0 spiro atoms. The lowest BCUT2D eigenvalue weighted by atomic mass is 9.51. The Labute approximate surface area is 178 Å². The van der Waals surface area contributed by atoms with Gasteiger partial charge in [0.05, 0.1) is 12.2 Å². The molecule has 0 amide bonds. The summed E-state index contributed by atoms with van der Waals surface area (Å²) in [6.45, 7) is 4.38. The van der Waals surface area contributed by atoms with Crippen molar-refractivity contribution in [1.29, 1.82) is 0 Å². The smallest absolute Gasteiger partial charge is 0.338 e. The van der Waals surface area contributed by atoms with E-state index in [2.05, 4.69) is 78.4 Å². The Hall–Kier alpha value is -3.53. The van der Waals surface area contributed by atoms with E-state index in [-0.39, 0.29) is 12.8 Å². The third-order valence-electron chi connectivity index (χ3n) is 5.32. The first-order valence-corrected chi connectivity index (χ1v) is 10.2. The third-order valence-corrected chi connectivity index (χ3v) is 5.32. The van der Waals surface area contributed by atoms with Gasteiger partial charge in [0.15, 0.2) is 0 Å². The predicted molar refractivity (Wildman–Crippen MR) is 125 cm³/mol. The third kappa shape index (κ3) is 3.94. The monoisotopic (exact) mass is 393 g/mol. The van der Waals surface area contributed by atoms with Gasteiger partial charge in [-0.3, -0.25) is 0 Å². The number of anilines is 1. The van der Waals surface area contributed by atoms with Crippen LogP contribution in [0.4, 0.5) is 5.69 Å². The lowest BCUT2D eigenvalue weighted by Crippen LogP contribution is -2.48. The molecule has 0 atom stereocenters. The van der Waals surface area contributed by atoms with Gasteiger partial charge in [-0.2, -0.15) is 0 Å². The number of hydrogen-bond acceptors (Lipinski definition) is 3. The van der Waals surface area contributed by atoms with E-state index in [9.17, 15) is 4.79 Å². The van der Waals surface area contributed by atoms with Crippen molar-refractivity contribution in [2.45, 2.75) is 13.8 Å².